The largest absolute Gasteiger partial charge is 0.494 e. The lowest BCUT2D eigenvalue weighted by molar-refractivity contribution is 0.127. The fraction of sp³-hybridized carbons (Fsp3) is 0.684. The molecule has 0 saturated carbocycles. The maximum absolute atomic E-state index is 5.83. The van der Waals surface area contributed by atoms with Gasteiger partial charge in [0.15, 0.2) is 0 Å². The van der Waals surface area contributed by atoms with Gasteiger partial charge in [-0.3, -0.25) is 0 Å². The first-order valence-corrected chi connectivity index (χ1v) is 8.78. The number of unbranched alkanes of at least 4 members (excludes halogenated alkanes) is 6. The van der Waals surface area contributed by atoms with Crippen molar-refractivity contribution in [1.29, 1.82) is 0 Å². The molecule has 0 amide bonds. The number of rotatable bonds is 13. The molecule has 0 spiro atoms. The summed E-state index contributed by atoms with van der Waals surface area (Å²) in [6.07, 6.45) is 9.18. The summed E-state index contributed by atoms with van der Waals surface area (Å²) in [5, 5.41) is 0. The highest BCUT2D eigenvalue weighted by Gasteiger charge is 2.01. The first-order valence-electron chi connectivity index (χ1n) is 8.78. The molecule has 0 bridgehead atoms. The summed E-state index contributed by atoms with van der Waals surface area (Å²) < 4.78 is 11.3. The van der Waals surface area contributed by atoms with Gasteiger partial charge in [0.05, 0.1) is 19.8 Å². The van der Waals surface area contributed by atoms with Crippen LogP contribution < -0.4 is 10.5 Å². The Bertz CT molecular complexity index is 393. The lowest BCUT2D eigenvalue weighted by Crippen LogP contribution is -2.08. The van der Waals surface area contributed by atoms with Crippen LogP contribution in [-0.2, 0) is 11.3 Å². The van der Waals surface area contributed by atoms with Gasteiger partial charge in [-0.25, -0.2) is 0 Å². The first kappa shape index (κ1) is 19.0. The Hall–Kier alpha value is -1.06. The summed E-state index contributed by atoms with van der Waals surface area (Å²) in [6.45, 7) is 6.97. The Morgan fingerprint density at radius 1 is 0.955 bits per heavy atom. The van der Waals surface area contributed by atoms with Crippen LogP contribution in [0.1, 0.15) is 63.0 Å². The summed E-state index contributed by atoms with van der Waals surface area (Å²) in [6, 6.07) is 6.23. The van der Waals surface area contributed by atoms with Crippen LogP contribution in [0.25, 0.3) is 0 Å². The van der Waals surface area contributed by atoms with E-state index in [1.54, 1.807) is 0 Å². The summed E-state index contributed by atoms with van der Waals surface area (Å²) in [5.74, 6) is 0.964. The molecule has 0 heterocycles. The summed E-state index contributed by atoms with van der Waals surface area (Å²) in [4.78, 5) is 0. The van der Waals surface area contributed by atoms with Gasteiger partial charge in [-0.2, -0.15) is 0 Å². The minimum absolute atomic E-state index is 0.568. The highest BCUT2D eigenvalue weighted by molar-refractivity contribution is 5.34. The second-order valence-corrected chi connectivity index (χ2v) is 5.90. The molecule has 0 atom stereocenters. The van der Waals surface area contributed by atoms with E-state index >= 15 is 0 Å². The van der Waals surface area contributed by atoms with E-state index in [1.165, 1.54) is 49.7 Å². The van der Waals surface area contributed by atoms with Crippen molar-refractivity contribution in [3.05, 3.63) is 29.3 Å². The Balaban J connectivity index is 2.16. The lowest BCUT2D eigenvalue weighted by atomic mass is 10.1. The molecule has 1 rings (SSSR count). The second kappa shape index (κ2) is 12.5. The van der Waals surface area contributed by atoms with Crippen molar-refractivity contribution >= 4 is 0 Å². The molecule has 1 aromatic carbocycles. The van der Waals surface area contributed by atoms with Crippen LogP contribution in [-0.4, -0.2) is 19.8 Å². The third-order valence-electron chi connectivity index (χ3n) is 3.85. The summed E-state index contributed by atoms with van der Waals surface area (Å²) >= 11 is 0. The SMILES string of the molecule is CCCCCCCCCOc1ccc(COCCN)c(C)c1. The summed E-state index contributed by atoms with van der Waals surface area (Å²) in [5.41, 5.74) is 7.85. The molecule has 3 nitrogen and oxygen atoms in total. The van der Waals surface area contributed by atoms with Crippen LogP contribution in [0.4, 0.5) is 0 Å². The molecule has 1 aromatic rings. The molecule has 0 aromatic heterocycles. The molecule has 0 fully saturated rings. The van der Waals surface area contributed by atoms with Crippen molar-refractivity contribution in [3.63, 3.8) is 0 Å². The van der Waals surface area contributed by atoms with E-state index in [0.29, 0.717) is 19.8 Å². The third-order valence-corrected chi connectivity index (χ3v) is 3.85. The van der Waals surface area contributed by atoms with Crippen LogP contribution in [0.2, 0.25) is 0 Å². The minimum atomic E-state index is 0.568. The predicted molar refractivity (Wildman–Crippen MR) is 93.4 cm³/mol. The Morgan fingerprint density at radius 2 is 1.68 bits per heavy atom. The van der Waals surface area contributed by atoms with Crippen LogP contribution in [0.3, 0.4) is 0 Å². The molecule has 3 heteroatoms. The molecule has 0 aliphatic rings. The Labute approximate surface area is 136 Å². The fourth-order valence-corrected chi connectivity index (χ4v) is 2.43. The van der Waals surface area contributed by atoms with Crippen molar-refractivity contribution in [2.45, 2.75) is 65.4 Å². The average Bonchev–Trinajstić information content (AvgIpc) is 2.52. The molecule has 126 valence electrons. The maximum atomic E-state index is 5.83. The van der Waals surface area contributed by atoms with Crippen molar-refractivity contribution in [1.82, 2.24) is 0 Å². The van der Waals surface area contributed by atoms with E-state index in [2.05, 4.69) is 26.0 Å². The van der Waals surface area contributed by atoms with Gasteiger partial charge in [-0.1, -0.05) is 51.5 Å². The molecule has 0 saturated heterocycles. The van der Waals surface area contributed by atoms with Crippen molar-refractivity contribution in [3.8, 4) is 5.75 Å². The average molecular weight is 307 g/mol. The van der Waals surface area contributed by atoms with Gasteiger partial charge in [0.2, 0.25) is 0 Å². The van der Waals surface area contributed by atoms with Gasteiger partial charge in [0.25, 0.3) is 0 Å². The Morgan fingerprint density at radius 3 is 2.36 bits per heavy atom. The highest BCUT2D eigenvalue weighted by Crippen LogP contribution is 2.18. The zero-order valence-corrected chi connectivity index (χ0v) is 14.4. The number of hydrogen-bond donors (Lipinski definition) is 1. The molecule has 2 N–H and O–H groups in total. The molecule has 0 radical (unpaired) electrons. The van der Waals surface area contributed by atoms with Gasteiger partial charge < -0.3 is 15.2 Å². The zero-order valence-electron chi connectivity index (χ0n) is 14.4. The van der Waals surface area contributed by atoms with Gasteiger partial charge in [-0.05, 0) is 36.6 Å². The molecular weight excluding hydrogens is 274 g/mol. The van der Waals surface area contributed by atoms with Crippen LogP contribution >= 0.6 is 0 Å². The molecule has 22 heavy (non-hydrogen) atoms. The number of aryl methyl sites for hydroxylation is 1. The monoisotopic (exact) mass is 307 g/mol. The number of ether oxygens (including phenoxy) is 2. The molecule has 0 aliphatic carbocycles. The van der Waals surface area contributed by atoms with Gasteiger partial charge in [0.1, 0.15) is 5.75 Å². The first-order chi connectivity index (χ1) is 10.8. The standard InChI is InChI=1S/C19H33NO2/c1-3-4-5-6-7-8-9-13-22-19-11-10-18(17(2)15-19)16-21-14-12-20/h10-11,15H,3-9,12-14,16,20H2,1-2H3. The van der Waals surface area contributed by atoms with E-state index in [1.807, 2.05) is 6.07 Å². The molecular formula is C19H33NO2. The van der Waals surface area contributed by atoms with Crippen LogP contribution in [0, 0.1) is 6.92 Å². The van der Waals surface area contributed by atoms with Crippen molar-refractivity contribution in [2.75, 3.05) is 19.8 Å². The van der Waals surface area contributed by atoms with Crippen molar-refractivity contribution in [2.24, 2.45) is 5.73 Å². The topological polar surface area (TPSA) is 44.5 Å². The Kier molecular flexibility index (Phi) is 10.8. The van der Waals surface area contributed by atoms with Gasteiger partial charge >= 0.3 is 0 Å². The van der Waals surface area contributed by atoms with E-state index in [-0.39, 0.29) is 0 Å². The maximum Gasteiger partial charge on any atom is 0.119 e. The van der Waals surface area contributed by atoms with E-state index < -0.39 is 0 Å². The number of benzene rings is 1. The van der Waals surface area contributed by atoms with Crippen LogP contribution in [0.5, 0.6) is 5.75 Å². The zero-order chi connectivity index (χ0) is 16.0. The lowest BCUT2D eigenvalue weighted by Gasteiger charge is -2.10. The highest BCUT2D eigenvalue weighted by atomic mass is 16.5. The molecule has 0 unspecified atom stereocenters. The molecule has 0 aliphatic heterocycles. The fourth-order valence-electron chi connectivity index (χ4n) is 2.43. The predicted octanol–water partition coefficient (Wildman–Crippen LogP) is 4.60. The third kappa shape index (κ3) is 8.40. The van der Waals surface area contributed by atoms with Gasteiger partial charge in [0, 0.05) is 6.54 Å². The summed E-state index contributed by atoms with van der Waals surface area (Å²) in [7, 11) is 0. The van der Waals surface area contributed by atoms with Crippen molar-refractivity contribution < 1.29 is 9.47 Å². The second-order valence-electron chi connectivity index (χ2n) is 5.90. The smallest absolute Gasteiger partial charge is 0.119 e. The number of nitrogens with two attached hydrogens (primary N) is 1. The quantitative estimate of drug-likeness (QED) is 0.542. The number of hydrogen-bond acceptors (Lipinski definition) is 3. The van der Waals surface area contributed by atoms with Crippen LogP contribution in [0.15, 0.2) is 18.2 Å². The minimum Gasteiger partial charge on any atom is -0.494 e. The van der Waals surface area contributed by atoms with E-state index in [4.69, 9.17) is 15.2 Å². The van der Waals surface area contributed by atoms with Gasteiger partial charge in [-0.15, -0.1) is 0 Å². The normalized spacial score (nSPS) is 10.9. The van der Waals surface area contributed by atoms with E-state index in [0.717, 1.165) is 18.8 Å². The van der Waals surface area contributed by atoms with E-state index in [9.17, 15) is 0 Å².